The van der Waals surface area contributed by atoms with Crippen molar-refractivity contribution in [3.05, 3.63) is 52.8 Å². The number of hydrogen-bond acceptors (Lipinski definition) is 2. The van der Waals surface area contributed by atoms with Gasteiger partial charge in [-0.2, -0.15) is 5.10 Å². The summed E-state index contributed by atoms with van der Waals surface area (Å²) in [6, 6.07) is 6.68. The van der Waals surface area contributed by atoms with Crippen LogP contribution >= 0.6 is 24.0 Å². The first-order valence-electron chi connectivity index (χ1n) is 9.07. The summed E-state index contributed by atoms with van der Waals surface area (Å²) in [6.45, 7) is 7.29. The number of rotatable bonds is 4. The Hall–Kier alpha value is -1.57. The molecule has 1 atom stereocenters. The first kappa shape index (κ1) is 20.7. The quantitative estimate of drug-likeness (QED) is 0.427. The van der Waals surface area contributed by atoms with Gasteiger partial charge in [0.25, 0.3) is 0 Å². The molecule has 142 valence electrons. The molecule has 1 unspecified atom stereocenters. The van der Waals surface area contributed by atoms with Crippen molar-refractivity contribution >= 4 is 29.9 Å². The lowest BCUT2D eigenvalue weighted by atomic mass is 10.0. The van der Waals surface area contributed by atoms with E-state index in [-0.39, 0.29) is 24.0 Å². The van der Waals surface area contributed by atoms with Gasteiger partial charge in [-0.3, -0.25) is 9.67 Å². The lowest BCUT2D eigenvalue weighted by molar-refractivity contribution is 0.486. The Kier molecular flexibility index (Phi) is 7.49. The zero-order chi connectivity index (χ0) is 17.8. The molecule has 1 aromatic carbocycles. The fourth-order valence-corrected chi connectivity index (χ4v) is 3.64. The molecule has 1 aliphatic rings. The molecular formula is C20H30IN5. The zero-order valence-electron chi connectivity index (χ0n) is 16.2. The Balaban J connectivity index is 0.00000243. The fraction of sp³-hybridized carbons (Fsp3) is 0.500. The molecule has 6 heteroatoms. The second-order valence-corrected chi connectivity index (χ2v) is 7.03. The standard InChI is InChI=1S/C20H29N5.HI/c1-15-5-6-17(16(2)11-15)7-9-22-20(21-3)25-10-8-18(14-25)19-12-23-24(4)13-19;/h5-6,11-13,18H,7-10,14H2,1-4H3,(H,21,22);1H. The second kappa shape index (κ2) is 9.39. The Morgan fingerprint density at radius 3 is 2.81 bits per heavy atom. The zero-order valence-corrected chi connectivity index (χ0v) is 18.5. The van der Waals surface area contributed by atoms with Gasteiger partial charge in [0, 0.05) is 45.8 Å². The van der Waals surface area contributed by atoms with Gasteiger partial charge in [0.2, 0.25) is 0 Å². The van der Waals surface area contributed by atoms with E-state index in [2.05, 4.69) is 58.6 Å². The van der Waals surface area contributed by atoms with Gasteiger partial charge in [0.1, 0.15) is 0 Å². The smallest absolute Gasteiger partial charge is 0.193 e. The van der Waals surface area contributed by atoms with Gasteiger partial charge in [-0.25, -0.2) is 0 Å². The number of likely N-dealkylation sites (tertiary alicyclic amines) is 1. The predicted molar refractivity (Wildman–Crippen MR) is 119 cm³/mol. The molecular weight excluding hydrogens is 437 g/mol. The number of hydrogen-bond donors (Lipinski definition) is 1. The number of aryl methyl sites for hydroxylation is 3. The first-order valence-corrected chi connectivity index (χ1v) is 9.07. The van der Waals surface area contributed by atoms with Gasteiger partial charge in [-0.05, 0) is 43.4 Å². The molecule has 1 aromatic heterocycles. The first-order chi connectivity index (χ1) is 12.1. The highest BCUT2D eigenvalue weighted by molar-refractivity contribution is 14.0. The van der Waals surface area contributed by atoms with Crippen LogP contribution in [0.25, 0.3) is 0 Å². The van der Waals surface area contributed by atoms with Gasteiger partial charge in [-0.1, -0.05) is 23.8 Å². The molecule has 0 aliphatic carbocycles. The molecule has 0 bridgehead atoms. The van der Waals surface area contributed by atoms with E-state index in [4.69, 9.17) is 0 Å². The summed E-state index contributed by atoms with van der Waals surface area (Å²) < 4.78 is 1.88. The number of nitrogens with zero attached hydrogens (tertiary/aromatic N) is 4. The Morgan fingerprint density at radius 1 is 1.35 bits per heavy atom. The van der Waals surface area contributed by atoms with Gasteiger partial charge in [0.05, 0.1) is 6.20 Å². The maximum absolute atomic E-state index is 4.48. The summed E-state index contributed by atoms with van der Waals surface area (Å²) in [6.07, 6.45) is 6.30. The summed E-state index contributed by atoms with van der Waals surface area (Å²) in [5, 5.41) is 7.84. The van der Waals surface area contributed by atoms with E-state index in [1.54, 1.807) is 0 Å². The number of benzene rings is 1. The minimum Gasteiger partial charge on any atom is -0.356 e. The second-order valence-electron chi connectivity index (χ2n) is 7.03. The molecule has 0 radical (unpaired) electrons. The topological polar surface area (TPSA) is 45.5 Å². The lowest BCUT2D eigenvalue weighted by Gasteiger charge is -2.21. The highest BCUT2D eigenvalue weighted by Gasteiger charge is 2.26. The van der Waals surface area contributed by atoms with E-state index >= 15 is 0 Å². The van der Waals surface area contributed by atoms with E-state index in [1.165, 1.54) is 22.3 Å². The van der Waals surface area contributed by atoms with Crippen LogP contribution in [-0.2, 0) is 13.5 Å². The van der Waals surface area contributed by atoms with Crippen LogP contribution in [0.4, 0.5) is 0 Å². The maximum Gasteiger partial charge on any atom is 0.193 e. The van der Waals surface area contributed by atoms with Crippen molar-refractivity contribution in [3.63, 3.8) is 0 Å². The lowest BCUT2D eigenvalue weighted by Crippen LogP contribution is -2.40. The monoisotopic (exact) mass is 467 g/mol. The molecule has 1 N–H and O–H groups in total. The predicted octanol–water partition coefficient (Wildman–Crippen LogP) is 3.26. The summed E-state index contributed by atoms with van der Waals surface area (Å²) in [5.41, 5.74) is 5.43. The number of aliphatic imine (C=N–C) groups is 1. The van der Waals surface area contributed by atoms with Crippen molar-refractivity contribution in [2.24, 2.45) is 12.0 Å². The Morgan fingerprint density at radius 2 is 2.15 bits per heavy atom. The molecule has 0 spiro atoms. The van der Waals surface area contributed by atoms with Crippen LogP contribution in [0.15, 0.2) is 35.6 Å². The largest absolute Gasteiger partial charge is 0.356 e. The van der Waals surface area contributed by atoms with Gasteiger partial charge in [0.15, 0.2) is 5.96 Å². The molecule has 0 amide bonds. The molecule has 1 saturated heterocycles. The third-order valence-corrected chi connectivity index (χ3v) is 5.07. The average molecular weight is 467 g/mol. The number of guanidine groups is 1. The van der Waals surface area contributed by atoms with Crippen LogP contribution in [0.3, 0.4) is 0 Å². The molecule has 3 rings (SSSR count). The van der Waals surface area contributed by atoms with Gasteiger partial charge >= 0.3 is 0 Å². The van der Waals surface area contributed by atoms with Crippen molar-refractivity contribution in [3.8, 4) is 0 Å². The molecule has 1 aliphatic heterocycles. The van der Waals surface area contributed by atoms with E-state index in [9.17, 15) is 0 Å². The highest BCUT2D eigenvalue weighted by Crippen LogP contribution is 2.26. The third kappa shape index (κ3) is 4.99. The minimum atomic E-state index is 0. The minimum absolute atomic E-state index is 0. The molecule has 2 heterocycles. The number of aromatic nitrogens is 2. The molecule has 0 saturated carbocycles. The van der Waals surface area contributed by atoms with Crippen LogP contribution in [0, 0.1) is 13.8 Å². The summed E-state index contributed by atoms with van der Waals surface area (Å²) in [4.78, 5) is 6.84. The Bertz CT molecular complexity index is 752. The van der Waals surface area contributed by atoms with E-state index in [0.717, 1.165) is 38.4 Å². The molecule has 2 aromatic rings. The molecule has 5 nitrogen and oxygen atoms in total. The van der Waals surface area contributed by atoms with Gasteiger partial charge < -0.3 is 10.2 Å². The maximum atomic E-state index is 4.48. The SMILES string of the molecule is CN=C(NCCc1ccc(C)cc1C)N1CCC(c2cnn(C)c2)C1.I. The van der Waals surface area contributed by atoms with Crippen LogP contribution in [0.2, 0.25) is 0 Å². The van der Waals surface area contributed by atoms with Crippen molar-refractivity contribution in [2.45, 2.75) is 32.6 Å². The fourth-order valence-electron chi connectivity index (χ4n) is 3.64. The van der Waals surface area contributed by atoms with E-state index in [1.807, 2.05) is 25.0 Å². The molecule has 1 fully saturated rings. The molecule has 26 heavy (non-hydrogen) atoms. The van der Waals surface area contributed by atoms with E-state index < -0.39 is 0 Å². The van der Waals surface area contributed by atoms with Crippen LogP contribution in [0.1, 0.15) is 34.6 Å². The number of halogens is 1. The van der Waals surface area contributed by atoms with Crippen LogP contribution < -0.4 is 5.32 Å². The van der Waals surface area contributed by atoms with Crippen LogP contribution in [0.5, 0.6) is 0 Å². The highest BCUT2D eigenvalue weighted by atomic mass is 127. The number of nitrogens with one attached hydrogen (secondary N) is 1. The van der Waals surface area contributed by atoms with Crippen molar-refractivity contribution in [1.82, 2.24) is 20.0 Å². The normalized spacial score (nSPS) is 17.3. The Labute approximate surface area is 173 Å². The summed E-state index contributed by atoms with van der Waals surface area (Å²) in [7, 11) is 3.85. The van der Waals surface area contributed by atoms with E-state index in [0.29, 0.717) is 5.92 Å². The van der Waals surface area contributed by atoms with Crippen molar-refractivity contribution in [1.29, 1.82) is 0 Å². The summed E-state index contributed by atoms with van der Waals surface area (Å²) in [5.74, 6) is 1.56. The summed E-state index contributed by atoms with van der Waals surface area (Å²) >= 11 is 0. The van der Waals surface area contributed by atoms with Gasteiger partial charge in [-0.15, -0.1) is 24.0 Å². The van der Waals surface area contributed by atoms with Crippen LogP contribution in [-0.4, -0.2) is 47.3 Å². The van der Waals surface area contributed by atoms with Crippen molar-refractivity contribution < 1.29 is 0 Å². The van der Waals surface area contributed by atoms with Crippen molar-refractivity contribution in [2.75, 3.05) is 26.7 Å². The third-order valence-electron chi connectivity index (χ3n) is 5.07. The average Bonchev–Trinajstić information content (AvgIpc) is 3.22.